The number of furan rings is 1. The third kappa shape index (κ3) is 4.53. The molecule has 0 unspecified atom stereocenters. The van der Waals surface area contributed by atoms with Crippen molar-refractivity contribution in [3.63, 3.8) is 0 Å². The second kappa shape index (κ2) is 8.88. The number of nitrogens with zero attached hydrogens (tertiary/aromatic N) is 1. The largest absolute Gasteiger partial charge is 0.486 e. The van der Waals surface area contributed by atoms with Crippen molar-refractivity contribution < 1.29 is 18.3 Å². The molecule has 1 amide bonds. The van der Waals surface area contributed by atoms with Crippen molar-refractivity contribution >= 4 is 28.6 Å². The lowest BCUT2D eigenvalue weighted by Gasteiger charge is -2.29. The molecular weight excluding hydrogens is 427 g/mol. The Morgan fingerprint density at radius 1 is 1.06 bits per heavy atom. The number of hydrogen-bond acceptors (Lipinski definition) is 5. The number of nitrogens with one attached hydrogen (secondary N) is 1. The van der Waals surface area contributed by atoms with Crippen LogP contribution >= 0.6 is 11.3 Å². The average Bonchev–Trinajstić information content (AvgIpc) is 3.48. The number of fused-ring (bicyclic) bond motifs is 1. The van der Waals surface area contributed by atoms with E-state index in [1.165, 1.54) is 22.6 Å². The Labute approximate surface area is 189 Å². The summed E-state index contributed by atoms with van der Waals surface area (Å²) in [6, 6.07) is 19.1. The van der Waals surface area contributed by atoms with Gasteiger partial charge in [0.15, 0.2) is 5.76 Å². The summed E-state index contributed by atoms with van der Waals surface area (Å²) in [5.41, 5.74) is 3.24. The van der Waals surface area contributed by atoms with Gasteiger partial charge in [0.05, 0.1) is 0 Å². The zero-order valence-corrected chi connectivity index (χ0v) is 18.0. The first kappa shape index (κ1) is 20.3. The Bertz CT molecular complexity index is 1210. The summed E-state index contributed by atoms with van der Waals surface area (Å²) in [5.74, 6) is 0.583. The fraction of sp³-hybridized carbons (Fsp3) is 0.160. The smallest absolute Gasteiger partial charge is 0.291 e. The van der Waals surface area contributed by atoms with Gasteiger partial charge in [-0.05, 0) is 84.1 Å². The van der Waals surface area contributed by atoms with Crippen molar-refractivity contribution in [1.29, 1.82) is 0 Å². The van der Waals surface area contributed by atoms with Gasteiger partial charge in [-0.15, -0.1) is 11.3 Å². The fourth-order valence-electron chi connectivity index (χ4n) is 3.68. The van der Waals surface area contributed by atoms with Crippen LogP contribution in [0.2, 0.25) is 0 Å². The maximum atomic E-state index is 13.0. The van der Waals surface area contributed by atoms with E-state index in [1.807, 2.05) is 35.6 Å². The molecule has 5 nitrogen and oxygen atoms in total. The first-order valence-electron chi connectivity index (χ1n) is 10.3. The third-order valence-electron chi connectivity index (χ3n) is 5.38. The Hall–Kier alpha value is -3.58. The molecule has 2 aromatic heterocycles. The van der Waals surface area contributed by atoms with Crippen molar-refractivity contribution in [2.75, 3.05) is 16.8 Å². The Balaban J connectivity index is 1.17. The van der Waals surface area contributed by atoms with Crippen LogP contribution < -0.4 is 15.0 Å². The molecule has 7 heteroatoms. The maximum Gasteiger partial charge on any atom is 0.291 e. The van der Waals surface area contributed by atoms with Crippen molar-refractivity contribution in [3.05, 3.63) is 99.9 Å². The van der Waals surface area contributed by atoms with Crippen LogP contribution in [0.25, 0.3) is 0 Å². The predicted molar refractivity (Wildman–Crippen MR) is 123 cm³/mol. The Kier molecular flexibility index (Phi) is 5.64. The van der Waals surface area contributed by atoms with Gasteiger partial charge in [-0.3, -0.25) is 4.79 Å². The summed E-state index contributed by atoms with van der Waals surface area (Å²) in [6.45, 7) is 2.06. The molecule has 162 valence electrons. The van der Waals surface area contributed by atoms with Crippen LogP contribution in [0.4, 0.5) is 15.8 Å². The normalized spacial score (nSPS) is 13.0. The number of hydrogen-bond donors (Lipinski definition) is 1. The monoisotopic (exact) mass is 448 g/mol. The highest BCUT2D eigenvalue weighted by molar-refractivity contribution is 7.10. The quantitative estimate of drug-likeness (QED) is 0.401. The standard InChI is InChI=1S/C25H21FN2O3S/c26-18-1-7-21(8-2-18)30-16-22-9-10-23(31-22)25(29)27-19-3-5-20(6-4-19)28-13-11-24-17(15-28)12-14-32-24/h1-10,12,14H,11,13,15-16H2,(H,27,29). The zero-order chi connectivity index (χ0) is 21.9. The molecule has 1 aliphatic rings. The molecule has 0 saturated heterocycles. The van der Waals surface area contributed by atoms with Gasteiger partial charge >= 0.3 is 0 Å². The van der Waals surface area contributed by atoms with Gasteiger partial charge in [-0.1, -0.05) is 0 Å². The van der Waals surface area contributed by atoms with Gasteiger partial charge in [0.25, 0.3) is 5.91 Å². The summed E-state index contributed by atoms with van der Waals surface area (Å²) in [5, 5.41) is 5.02. The van der Waals surface area contributed by atoms with Gasteiger partial charge < -0.3 is 19.4 Å². The van der Waals surface area contributed by atoms with Gasteiger partial charge in [0.2, 0.25) is 0 Å². The molecule has 0 aliphatic carbocycles. The van der Waals surface area contributed by atoms with Crippen LogP contribution in [-0.2, 0) is 19.6 Å². The number of amides is 1. The van der Waals surface area contributed by atoms with E-state index in [-0.39, 0.29) is 24.1 Å². The molecule has 0 radical (unpaired) electrons. The Morgan fingerprint density at radius 2 is 1.88 bits per heavy atom. The molecule has 0 fully saturated rings. The lowest BCUT2D eigenvalue weighted by Crippen LogP contribution is -2.29. The van der Waals surface area contributed by atoms with Gasteiger partial charge in [0.1, 0.15) is 23.9 Å². The topological polar surface area (TPSA) is 54.7 Å². The van der Waals surface area contributed by atoms with Crippen LogP contribution in [0, 0.1) is 5.82 Å². The molecule has 0 saturated carbocycles. The van der Waals surface area contributed by atoms with E-state index in [4.69, 9.17) is 9.15 Å². The number of carbonyl (C=O) groups excluding carboxylic acids is 1. The van der Waals surface area contributed by atoms with E-state index < -0.39 is 0 Å². The molecule has 0 spiro atoms. The van der Waals surface area contributed by atoms with Crippen LogP contribution in [0.15, 0.2) is 76.5 Å². The van der Waals surface area contributed by atoms with E-state index in [0.29, 0.717) is 17.2 Å². The molecule has 2 aromatic carbocycles. The predicted octanol–water partition coefficient (Wildman–Crippen LogP) is 5.87. The molecule has 5 rings (SSSR count). The summed E-state index contributed by atoms with van der Waals surface area (Å²) in [7, 11) is 0. The number of thiophene rings is 1. The van der Waals surface area contributed by atoms with E-state index in [1.54, 1.807) is 24.3 Å². The van der Waals surface area contributed by atoms with E-state index in [9.17, 15) is 9.18 Å². The number of benzene rings is 2. The lowest BCUT2D eigenvalue weighted by atomic mass is 10.1. The van der Waals surface area contributed by atoms with Crippen LogP contribution in [-0.4, -0.2) is 12.5 Å². The average molecular weight is 449 g/mol. The summed E-state index contributed by atoms with van der Waals surface area (Å²) < 4.78 is 24.1. The van der Waals surface area contributed by atoms with Crippen molar-refractivity contribution in [1.82, 2.24) is 0 Å². The molecule has 1 N–H and O–H groups in total. The van der Waals surface area contributed by atoms with Gasteiger partial charge in [0, 0.05) is 29.3 Å². The zero-order valence-electron chi connectivity index (χ0n) is 17.2. The minimum absolute atomic E-state index is 0.148. The number of rotatable bonds is 6. The Morgan fingerprint density at radius 3 is 2.69 bits per heavy atom. The fourth-order valence-corrected chi connectivity index (χ4v) is 4.57. The van der Waals surface area contributed by atoms with E-state index >= 15 is 0 Å². The third-order valence-corrected chi connectivity index (χ3v) is 6.40. The molecule has 32 heavy (non-hydrogen) atoms. The van der Waals surface area contributed by atoms with Crippen LogP contribution in [0.1, 0.15) is 26.8 Å². The number of anilines is 2. The van der Waals surface area contributed by atoms with Crippen LogP contribution in [0.3, 0.4) is 0 Å². The molecule has 4 aromatic rings. The highest BCUT2D eigenvalue weighted by Gasteiger charge is 2.18. The number of halogens is 1. The van der Waals surface area contributed by atoms with E-state index in [2.05, 4.69) is 21.7 Å². The summed E-state index contributed by atoms with van der Waals surface area (Å²) >= 11 is 1.83. The summed E-state index contributed by atoms with van der Waals surface area (Å²) in [4.78, 5) is 16.4. The minimum Gasteiger partial charge on any atom is -0.486 e. The molecule has 3 heterocycles. The highest BCUT2D eigenvalue weighted by atomic mass is 32.1. The number of ether oxygens (including phenoxy) is 1. The molecule has 1 aliphatic heterocycles. The summed E-state index contributed by atoms with van der Waals surface area (Å²) in [6.07, 6.45) is 1.07. The van der Waals surface area contributed by atoms with Crippen molar-refractivity contribution in [3.8, 4) is 5.75 Å². The SMILES string of the molecule is O=C(Nc1ccc(N2CCc3sccc3C2)cc1)c1ccc(COc2ccc(F)cc2)o1. The molecular formula is C25H21FN2O3S. The highest BCUT2D eigenvalue weighted by Crippen LogP contribution is 2.28. The minimum atomic E-state index is -0.327. The second-order valence-electron chi connectivity index (χ2n) is 7.55. The first-order chi connectivity index (χ1) is 15.6. The first-order valence-corrected chi connectivity index (χ1v) is 11.2. The van der Waals surface area contributed by atoms with Crippen molar-refractivity contribution in [2.24, 2.45) is 0 Å². The lowest BCUT2D eigenvalue weighted by molar-refractivity contribution is 0.0992. The van der Waals surface area contributed by atoms with Crippen LogP contribution in [0.5, 0.6) is 5.75 Å². The molecule has 0 bridgehead atoms. The molecule has 0 atom stereocenters. The maximum absolute atomic E-state index is 13.0. The van der Waals surface area contributed by atoms with E-state index in [0.717, 1.165) is 25.2 Å². The van der Waals surface area contributed by atoms with Crippen molar-refractivity contribution in [2.45, 2.75) is 19.6 Å². The second-order valence-corrected chi connectivity index (χ2v) is 8.55. The van der Waals surface area contributed by atoms with Gasteiger partial charge in [-0.2, -0.15) is 0 Å². The number of carbonyl (C=O) groups is 1. The van der Waals surface area contributed by atoms with Gasteiger partial charge in [-0.25, -0.2) is 4.39 Å².